The SMILES string of the molecule is CC1CCCC(C)N1C(=O)CN1CCN(C(=O)C2CCCO2)CC1. The maximum Gasteiger partial charge on any atom is 0.251 e. The van der Waals surface area contributed by atoms with Crippen LogP contribution in [0.5, 0.6) is 0 Å². The summed E-state index contributed by atoms with van der Waals surface area (Å²) in [7, 11) is 0. The molecule has 3 heterocycles. The lowest BCUT2D eigenvalue weighted by Gasteiger charge is -2.41. The molecule has 0 bridgehead atoms. The highest BCUT2D eigenvalue weighted by Crippen LogP contribution is 2.23. The Kier molecular flexibility index (Phi) is 5.76. The van der Waals surface area contributed by atoms with Crippen LogP contribution in [-0.4, -0.2) is 84.0 Å². The molecule has 0 radical (unpaired) electrons. The molecule has 0 aromatic rings. The number of piperidine rings is 1. The van der Waals surface area contributed by atoms with E-state index in [0.717, 1.165) is 38.8 Å². The molecular weight excluding hydrogens is 306 g/mol. The summed E-state index contributed by atoms with van der Waals surface area (Å²) in [6, 6.07) is 0.701. The van der Waals surface area contributed by atoms with Crippen LogP contribution in [0.4, 0.5) is 0 Å². The van der Waals surface area contributed by atoms with Gasteiger partial charge in [-0.25, -0.2) is 0 Å². The minimum atomic E-state index is -0.228. The van der Waals surface area contributed by atoms with Gasteiger partial charge in [0, 0.05) is 44.9 Å². The summed E-state index contributed by atoms with van der Waals surface area (Å²) in [6.45, 7) is 8.47. The normalized spacial score (nSPS) is 32.2. The number of nitrogens with zero attached hydrogens (tertiary/aromatic N) is 3. The summed E-state index contributed by atoms with van der Waals surface area (Å²) in [5, 5.41) is 0. The Morgan fingerprint density at radius 3 is 2.21 bits per heavy atom. The van der Waals surface area contributed by atoms with Gasteiger partial charge in [0.05, 0.1) is 6.54 Å². The summed E-state index contributed by atoms with van der Waals surface area (Å²) >= 11 is 0. The van der Waals surface area contributed by atoms with E-state index >= 15 is 0 Å². The molecule has 0 aromatic carbocycles. The highest BCUT2D eigenvalue weighted by molar-refractivity contribution is 5.81. The largest absolute Gasteiger partial charge is 0.368 e. The van der Waals surface area contributed by atoms with Crippen LogP contribution in [-0.2, 0) is 14.3 Å². The van der Waals surface area contributed by atoms with E-state index in [1.807, 2.05) is 4.90 Å². The maximum absolute atomic E-state index is 12.7. The Hall–Kier alpha value is -1.14. The molecule has 2 amide bonds. The van der Waals surface area contributed by atoms with Crippen LogP contribution in [0.3, 0.4) is 0 Å². The first kappa shape index (κ1) is 17.7. The van der Waals surface area contributed by atoms with Crippen LogP contribution in [0, 0.1) is 0 Å². The number of likely N-dealkylation sites (tertiary alicyclic amines) is 1. The Bertz CT molecular complexity index is 446. The van der Waals surface area contributed by atoms with Crippen LogP contribution in [0.2, 0.25) is 0 Å². The van der Waals surface area contributed by atoms with E-state index in [2.05, 4.69) is 23.6 Å². The first-order valence-electron chi connectivity index (χ1n) is 9.50. The second kappa shape index (κ2) is 7.83. The summed E-state index contributed by atoms with van der Waals surface area (Å²) < 4.78 is 5.50. The Labute approximate surface area is 145 Å². The van der Waals surface area contributed by atoms with Crippen LogP contribution in [0.1, 0.15) is 46.0 Å². The Balaban J connectivity index is 1.46. The van der Waals surface area contributed by atoms with E-state index in [-0.39, 0.29) is 17.9 Å². The number of rotatable bonds is 3. The smallest absolute Gasteiger partial charge is 0.251 e. The third-order valence-corrected chi connectivity index (χ3v) is 5.73. The first-order chi connectivity index (χ1) is 11.6. The summed E-state index contributed by atoms with van der Waals surface area (Å²) in [5.41, 5.74) is 0. The number of amides is 2. The Morgan fingerprint density at radius 2 is 1.62 bits per heavy atom. The van der Waals surface area contributed by atoms with Gasteiger partial charge in [-0.15, -0.1) is 0 Å². The van der Waals surface area contributed by atoms with E-state index in [1.54, 1.807) is 0 Å². The molecule has 3 unspecified atom stereocenters. The number of ether oxygens (including phenoxy) is 1. The first-order valence-corrected chi connectivity index (χ1v) is 9.50. The topological polar surface area (TPSA) is 53.1 Å². The van der Waals surface area contributed by atoms with E-state index in [9.17, 15) is 9.59 Å². The number of hydrogen-bond acceptors (Lipinski definition) is 4. The zero-order valence-corrected chi connectivity index (χ0v) is 15.1. The molecular formula is C18H31N3O3. The zero-order chi connectivity index (χ0) is 17.1. The second-order valence-corrected chi connectivity index (χ2v) is 7.53. The average molecular weight is 337 g/mol. The molecule has 24 heavy (non-hydrogen) atoms. The molecule has 0 N–H and O–H groups in total. The van der Waals surface area contributed by atoms with Crippen LogP contribution in [0.15, 0.2) is 0 Å². The van der Waals surface area contributed by atoms with Crippen molar-refractivity contribution in [3.63, 3.8) is 0 Å². The van der Waals surface area contributed by atoms with Gasteiger partial charge in [-0.05, 0) is 46.0 Å². The van der Waals surface area contributed by atoms with Crippen molar-refractivity contribution in [1.82, 2.24) is 14.7 Å². The van der Waals surface area contributed by atoms with Gasteiger partial charge in [0.25, 0.3) is 5.91 Å². The monoisotopic (exact) mass is 337 g/mol. The van der Waals surface area contributed by atoms with Gasteiger partial charge in [-0.1, -0.05) is 0 Å². The van der Waals surface area contributed by atoms with Crippen LogP contribution < -0.4 is 0 Å². The van der Waals surface area contributed by atoms with E-state index in [1.165, 1.54) is 6.42 Å². The highest BCUT2D eigenvalue weighted by atomic mass is 16.5. The lowest BCUT2D eigenvalue weighted by Crippen LogP contribution is -2.55. The molecule has 3 aliphatic heterocycles. The predicted molar refractivity (Wildman–Crippen MR) is 91.6 cm³/mol. The maximum atomic E-state index is 12.7. The van der Waals surface area contributed by atoms with Crippen molar-refractivity contribution in [2.75, 3.05) is 39.3 Å². The van der Waals surface area contributed by atoms with Gasteiger partial charge in [-0.2, -0.15) is 0 Å². The second-order valence-electron chi connectivity index (χ2n) is 7.53. The molecule has 3 atom stereocenters. The van der Waals surface area contributed by atoms with E-state index < -0.39 is 0 Å². The van der Waals surface area contributed by atoms with Crippen molar-refractivity contribution < 1.29 is 14.3 Å². The number of hydrogen-bond donors (Lipinski definition) is 0. The fourth-order valence-electron chi connectivity index (χ4n) is 4.29. The van der Waals surface area contributed by atoms with Gasteiger partial charge < -0.3 is 14.5 Å². The number of carbonyl (C=O) groups is 2. The van der Waals surface area contributed by atoms with Gasteiger partial charge >= 0.3 is 0 Å². The third kappa shape index (κ3) is 3.91. The molecule has 0 saturated carbocycles. The summed E-state index contributed by atoms with van der Waals surface area (Å²) in [6.07, 6.45) is 5.04. The van der Waals surface area contributed by atoms with Crippen LogP contribution >= 0.6 is 0 Å². The van der Waals surface area contributed by atoms with Gasteiger partial charge in [-0.3, -0.25) is 14.5 Å². The van der Waals surface area contributed by atoms with E-state index in [4.69, 9.17) is 4.74 Å². The number of piperazine rings is 1. The average Bonchev–Trinajstić information content (AvgIpc) is 3.09. The molecule has 3 saturated heterocycles. The van der Waals surface area contributed by atoms with Crippen molar-refractivity contribution >= 4 is 11.8 Å². The van der Waals surface area contributed by atoms with Crippen molar-refractivity contribution in [3.05, 3.63) is 0 Å². The van der Waals surface area contributed by atoms with Crippen molar-refractivity contribution in [2.45, 2.75) is 64.1 Å². The molecule has 3 aliphatic rings. The molecule has 0 spiro atoms. The van der Waals surface area contributed by atoms with E-state index in [0.29, 0.717) is 38.3 Å². The highest BCUT2D eigenvalue weighted by Gasteiger charge is 2.33. The van der Waals surface area contributed by atoms with Crippen LogP contribution in [0.25, 0.3) is 0 Å². The van der Waals surface area contributed by atoms with Crippen molar-refractivity contribution in [3.8, 4) is 0 Å². The summed E-state index contributed by atoms with van der Waals surface area (Å²) in [5.74, 6) is 0.380. The summed E-state index contributed by atoms with van der Waals surface area (Å²) in [4.78, 5) is 31.2. The fraction of sp³-hybridized carbons (Fsp3) is 0.889. The molecule has 3 fully saturated rings. The molecule has 6 heteroatoms. The molecule has 0 aromatic heterocycles. The Morgan fingerprint density at radius 1 is 0.958 bits per heavy atom. The lowest BCUT2D eigenvalue weighted by molar-refractivity contribution is -0.143. The third-order valence-electron chi connectivity index (χ3n) is 5.73. The molecule has 3 rings (SSSR count). The minimum absolute atomic E-state index is 0.136. The molecule has 136 valence electrons. The van der Waals surface area contributed by atoms with Gasteiger partial charge in [0.2, 0.25) is 5.91 Å². The van der Waals surface area contributed by atoms with Gasteiger partial charge in [0.15, 0.2) is 0 Å². The zero-order valence-electron chi connectivity index (χ0n) is 15.1. The fourth-order valence-corrected chi connectivity index (χ4v) is 4.29. The minimum Gasteiger partial charge on any atom is -0.368 e. The lowest BCUT2D eigenvalue weighted by atomic mass is 9.97. The quantitative estimate of drug-likeness (QED) is 0.774. The predicted octanol–water partition coefficient (Wildman–Crippen LogP) is 1.10. The van der Waals surface area contributed by atoms with Gasteiger partial charge in [0.1, 0.15) is 6.10 Å². The number of carbonyl (C=O) groups excluding carboxylic acids is 2. The molecule has 0 aliphatic carbocycles. The molecule has 6 nitrogen and oxygen atoms in total. The van der Waals surface area contributed by atoms with Crippen molar-refractivity contribution in [1.29, 1.82) is 0 Å². The standard InChI is InChI=1S/C18H31N3O3/c1-14-5-3-6-15(2)21(14)17(22)13-19-8-10-20(11-9-19)18(23)16-7-4-12-24-16/h14-16H,3-13H2,1-2H3. The van der Waals surface area contributed by atoms with Crippen molar-refractivity contribution in [2.24, 2.45) is 0 Å².